The zero-order chi connectivity index (χ0) is 13.2. The Balaban J connectivity index is 2.14. The quantitative estimate of drug-likeness (QED) is 0.779. The fourth-order valence-corrected chi connectivity index (χ4v) is 3.17. The van der Waals surface area contributed by atoms with Crippen LogP contribution in [0.3, 0.4) is 0 Å². The Kier molecular flexibility index (Phi) is 3.23. The Morgan fingerprint density at radius 2 is 1.84 bits per heavy atom. The van der Waals surface area contributed by atoms with E-state index in [9.17, 15) is 5.11 Å². The number of rotatable bonds is 3. The van der Waals surface area contributed by atoms with Gasteiger partial charge < -0.3 is 9.84 Å². The number of thiophene rings is 1. The number of hydrogen-bond donors (Lipinski definition) is 1. The van der Waals surface area contributed by atoms with Gasteiger partial charge in [0.25, 0.3) is 0 Å². The van der Waals surface area contributed by atoms with Gasteiger partial charge in [0.1, 0.15) is 11.9 Å². The number of hydrogen-bond acceptors (Lipinski definition) is 3. The van der Waals surface area contributed by atoms with Gasteiger partial charge in [0.15, 0.2) is 0 Å². The molecule has 0 fully saturated rings. The lowest BCUT2D eigenvalue weighted by Crippen LogP contribution is -2.00. The molecule has 1 unspecified atom stereocenters. The van der Waals surface area contributed by atoms with Crippen molar-refractivity contribution in [1.29, 1.82) is 0 Å². The van der Waals surface area contributed by atoms with Crippen molar-refractivity contribution in [3.63, 3.8) is 0 Å². The van der Waals surface area contributed by atoms with Gasteiger partial charge in [-0.3, -0.25) is 0 Å². The number of aliphatic hydroxyl groups is 1. The summed E-state index contributed by atoms with van der Waals surface area (Å²) < 4.78 is 5.29. The number of fused-ring (bicyclic) bond motifs is 1. The Hall–Kier alpha value is -1.84. The van der Waals surface area contributed by atoms with E-state index in [0.717, 1.165) is 27.0 Å². The Morgan fingerprint density at radius 3 is 2.68 bits per heavy atom. The van der Waals surface area contributed by atoms with Gasteiger partial charge in [-0.1, -0.05) is 42.5 Å². The van der Waals surface area contributed by atoms with Gasteiger partial charge in [0.2, 0.25) is 0 Å². The minimum Gasteiger partial charge on any atom is -0.495 e. The molecule has 0 aliphatic carbocycles. The molecule has 1 aromatic heterocycles. The van der Waals surface area contributed by atoms with Crippen LogP contribution in [0.15, 0.2) is 53.9 Å². The highest BCUT2D eigenvalue weighted by molar-refractivity contribution is 7.10. The highest BCUT2D eigenvalue weighted by Crippen LogP contribution is 2.37. The van der Waals surface area contributed by atoms with Crippen LogP contribution in [0.1, 0.15) is 16.5 Å². The first-order valence-electron chi connectivity index (χ1n) is 6.08. The van der Waals surface area contributed by atoms with E-state index in [4.69, 9.17) is 4.74 Å². The van der Waals surface area contributed by atoms with Crippen LogP contribution in [-0.2, 0) is 0 Å². The highest BCUT2D eigenvalue weighted by Gasteiger charge is 2.18. The average Bonchev–Trinajstić information content (AvgIpc) is 2.94. The molecular weight excluding hydrogens is 256 g/mol. The monoisotopic (exact) mass is 270 g/mol. The Morgan fingerprint density at radius 1 is 1.05 bits per heavy atom. The molecule has 3 aromatic rings. The third kappa shape index (κ3) is 2.11. The van der Waals surface area contributed by atoms with Gasteiger partial charge in [0.05, 0.1) is 12.0 Å². The molecule has 1 N–H and O–H groups in total. The summed E-state index contributed by atoms with van der Waals surface area (Å²) in [4.78, 5) is 0.846. The van der Waals surface area contributed by atoms with Gasteiger partial charge in [-0.15, -0.1) is 11.3 Å². The van der Waals surface area contributed by atoms with Crippen molar-refractivity contribution < 1.29 is 9.84 Å². The summed E-state index contributed by atoms with van der Waals surface area (Å²) in [6, 6.07) is 16.0. The molecule has 0 saturated heterocycles. The maximum Gasteiger partial charge on any atom is 0.135 e. The van der Waals surface area contributed by atoms with Crippen LogP contribution in [0.2, 0.25) is 0 Å². The van der Waals surface area contributed by atoms with Gasteiger partial charge in [0, 0.05) is 0 Å². The van der Waals surface area contributed by atoms with Gasteiger partial charge in [-0.25, -0.2) is 0 Å². The summed E-state index contributed by atoms with van der Waals surface area (Å²) in [7, 11) is 1.63. The van der Waals surface area contributed by atoms with Crippen molar-refractivity contribution in [3.8, 4) is 5.75 Å². The summed E-state index contributed by atoms with van der Waals surface area (Å²) in [6.45, 7) is 0. The van der Waals surface area contributed by atoms with E-state index in [-0.39, 0.29) is 0 Å². The first-order valence-corrected chi connectivity index (χ1v) is 6.96. The summed E-state index contributed by atoms with van der Waals surface area (Å²) in [6.07, 6.45) is -0.652. The number of benzene rings is 2. The average molecular weight is 270 g/mol. The number of aliphatic hydroxyl groups excluding tert-OH is 1. The fourth-order valence-electron chi connectivity index (χ4n) is 2.31. The zero-order valence-electron chi connectivity index (χ0n) is 10.5. The molecule has 2 aromatic carbocycles. The summed E-state index contributed by atoms with van der Waals surface area (Å²) in [5, 5.41) is 14.8. The minimum absolute atomic E-state index is 0.652. The third-order valence-electron chi connectivity index (χ3n) is 3.24. The van der Waals surface area contributed by atoms with E-state index in [1.54, 1.807) is 7.11 Å². The maximum atomic E-state index is 10.6. The standard InChI is InChI=1S/C16H14O2S/c1-18-14-9-10-19-16(14)15(17)13-8-4-6-11-5-2-3-7-12(11)13/h2-10,15,17H,1H3. The van der Waals surface area contributed by atoms with E-state index >= 15 is 0 Å². The van der Waals surface area contributed by atoms with Crippen molar-refractivity contribution in [3.05, 3.63) is 64.4 Å². The number of ether oxygens (including phenoxy) is 1. The second-order valence-electron chi connectivity index (χ2n) is 4.32. The predicted molar refractivity (Wildman–Crippen MR) is 78.9 cm³/mol. The second kappa shape index (κ2) is 5.03. The molecule has 96 valence electrons. The SMILES string of the molecule is COc1ccsc1C(O)c1cccc2ccccc12. The lowest BCUT2D eigenvalue weighted by Gasteiger charge is -2.14. The van der Waals surface area contributed by atoms with Gasteiger partial charge in [-0.05, 0) is 27.8 Å². The van der Waals surface area contributed by atoms with Crippen LogP contribution in [0.4, 0.5) is 0 Å². The molecule has 0 amide bonds. The van der Waals surface area contributed by atoms with Crippen LogP contribution < -0.4 is 4.74 Å². The summed E-state index contributed by atoms with van der Waals surface area (Å²) in [5.74, 6) is 0.741. The van der Waals surface area contributed by atoms with E-state index in [1.165, 1.54) is 11.3 Å². The molecule has 1 heterocycles. The molecule has 3 heteroatoms. The van der Waals surface area contributed by atoms with E-state index in [0.29, 0.717) is 0 Å². The first-order chi connectivity index (χ1) is 9.31. The van der Waals surface area contributed by atoms with Gasteiger partial charge >= 0.3 is 0 Å². The number of methoxy groups -OCH3 is 1. The molecule has 19 heavy (non-hydrogen) atoms. The van der Waals surface area contributed by atoms with Crippen LogP contribution in [0.25, 0.3) is 10.8 Å². The molecule has 0 radical (unpaired) electrons. The molecular formula is C16H14O2S. The van der Waals surface area contributed by atoms with Crippen molar-refractivity contribution in [2.45, 2.75) is 6.10 Å². The van der Waals surface area contributed by atoms with Crippen molar-refractivity contribution >= 4 is 22.1 Å². The van der Waals surface area contributed by atoms with Crippen LogP contribution in [0.5, 0.6) is 5.75 Å². The Bertz CT molecular complexity index is 697. The van der Waals surface area contributed by atoms with Crippen molar-refractivity contribution in [2.75, 3.05) is 7.11 Å². The lowest BCUT2D eigenvalue weighted by atomic mass is 9.99. The van der Waals surface area contributed by atoms with Crippen molar-refractivity contribution in [1.82, 2.24) is 0 Å². The molecule has 0 spiro atoms. The molecule has 1 atom stereocenters. The van der Waals surface area contributed by atoms with E-state index in [1.807, 2.05) is 41.8 Å². The third-order valence-corrected chi connectivity index (χ3v) is 4.19. The predicted octanol–water partition coefficient (Wildman–Crippen LogP) is 3.99. The van der Waals surface area contributed by atoms with Gasteiger partial charge in [-0.2, -0.15) is 0 Å². The lowest BCUT2D eigenvalue weighted by molar-refractivity contribution is 0.220. The topological polar surface area (TPSA) is 29.5 Å². The first kappa shape index (κ1) is 12.2. The molecule has 0 saturated carbocycles. The van der Waals surface area contributed by atoms with E-state index in [2.05, 4.69) is 12.1 Å². The second-order valence-corrected chi connectivity index (χ2v) is 5.27. The van der Waals surface area contributed by atoms with Crippen LogP contribution in [0, 0.1) is 0 Å². The molecule has 0 aliphatic rings. The summed E-state index contributed by atoms with van der Waals surface area (Å²) >= 11 is 1.51. The normalized spacial score (nSPS) is 12.5. The van der Waals surface area contributed by atoms with Crippen molar-refractivity contribution in [2.24, 2.45) is 0 Å². The summed E-state index contributed by atoms with van der Waals surface area (Å²) in [5.41, 5.74) is 0.916. The molecule has 2 nitrogen and oxygen atoms in total. The minimum atomic E-state index is -0.652. The highest BCUT2D eigenvalue weighted by atomic mass is 32.1. The molecule has 0 aliphatic heterocycles. The Labute approximate surface area is 115 Å². The molecule has 3 rings (SSSR count). The fraction of sp³-hybridized carbons (Fsp3) is 0.125. The van der Waals surface area contributed by atoms with Crippen LogP contribution >= 0.6 is 11.3 Å². The zero-order valence-corrected chi connectivity index (χ0v) is 11.4. The van der Waals surface area contributed by atoms with E-state index < -0.39 is 6.10 Å². The molecule has 0 bridgehead atoms. The van der Waals surface area contributed by atoms with Crippen LogP contribution in [-0.4, -0.2) is 12.2 Å². The smallest absolute Gasteiger partial charge is 0.135 e. The largest absolute Gasteiger partial charge is 0.495 e. The maximum absolute atomic E-state index is 10.6.